The molecule has 246 valence electrons. The number of carbonyl (C=O) groups excluding carboxylic acids is 3. The number of fused-ring (bicyclic) bond motifs is 1. The normalized spacial score (nSPS) is 26.8. The van der Waals surface area contributed by atoms with Gasteiger partial charge in [0.25, 0.3) is 0 Å². The maximum Gasteiger partial charge on any atom is 0.407 e. The Bertz CT molecular complexity index is 1400. The Kier molecular flexibility index (Phi) is 9.74. The van der Waals surface area contributed by atoms with Crippen LogP contribution in [0, 0.1) is 23.7 Å². The molecule has 1 aliphatic heterocycles. The first-order chi connectivity index (χ1) is 21.4. The number of nitrogens with one attached hydrogen (secondary N) is 1. The second-order valence-electron chi connectivity index (χ2n) is 14.1. The number of para-hydroxylation sites is 1. The molecule has 1 unspecified atom stereocenters. The summed E-state index contributed by atoms with van der Waals surface area (Å²) in [5, 5.41) is 13.4. The predicted molar refractivity (Wildman–Crippen MR) is 165 cm³/mol. The fraction of sp³-hybridized carbons (Fsp3) is 0.647. The minimum Gasteiger partial charge on any atom is -0.475 e. The van der Waals surface area contributed by atoms with E-state index in [4.69, 9.17) is 14.9 Å². The molecular weight excluding hydrogens is 581 g/mol. The van der Waals surface area contributed by atoms with Crippen LogP contribution in [0.5, 0.6) is 0 Å². The first kappa shape index (κ1) is 32.8. The second kappa shape index (κ2) is 13.4. The molecule has 45 heavy (non-hydrogen) atoms. The van der Waals surface area contributed by atoms with Crippen LogP contribution in [0.1, 0.15) is 107 Å². The van der Waals surface area contributed by atoms with E-state index in [2.05, 4.69) is 5.32 Å². The van der Waals surface area contributed by atoms with E-state index in [1.807, 2.05) is 0 Å². The average Bonchev–Trinajstić information content (AvgIpc) is 3.59. The lowest BCUT2D eigenvalue weighted by Crippen LogP contribution is -2.51. The van der Waals surface area contributed by atoms with Crippen molar-refractivity contribution in [3.8, 4) is 0 Å². The highest BCUT2D eigenvalue weighted by molar-refractivity contribution is 5.97. The number of aromatic carboxylic acids is 1. The van der Waals surface area contributed by atoms with Gasteiger partial charge in [-0.05, 0) is 76.7 Å². The zero-order valence-corrected chi connectivity index (χ0v) is 26.4. The smallest absolute Gasteiger partial charge is 0.407 e. The van der Waals surface area contributed by atoms with Crippen LogP contribution in [-0.2, 0) is 14.3 Å². The number of furan rings is 1. The maximum atomic E-state index is 14.5. The lowest BCUT2D eigenvalue weighted by Gasteiger charge is -2.38. The number of carboxylic acids is 1. The Morgan fingerprint density at radius 3 is 2.33 bits per heavy atom. The summed E-state index contributed by atoms with van der Waals surface area (Å²) in [5.41, 5.74) is 6.18. The third-order valence-electron chi connectivity index (χ3n) is 10.1. The van der Waals surface area contributed by atoms with Crippen molar-refractivity contribution in [2.24, 2.45) is 29.4 Å². The highest BCUT2D eigenvalue weighted by atomic mass is 19.1. The van der Waals surface area contributed by atoms with Gasteiger partial charge < -0.3 is 30.2 Å². The van der Waals surface area contributed by atoms with Gasteiger partial charge in [-0.25, -0.2) is 14.0 Å². The summed E-state index contributed by atoms with van der Waals surface area (Å²) in [6.07, 6.45) is 6.70. The molecule has 2 heterocycles. The maximum absolute atomic E-state index is 14.5. The molecule has 0 spiro atoms. The fourth-order valence-corrected chi connectivity index (χ4v) is 8.08. The van der Waals surface area contributed by atoms with E-state index in [1.165, 1.54) is 0 Å². The molecule has 1 aromatic heterocycles. The number of alkyl carbamates (subject to hydrolysis) is 1. The minimum atomic E-state index is -1.24. The fourth-order valence-electron chi connectivity index (χ4n) is 8.08. The molecule has 2 aromatic rings. The van der Waals surface area contributed by atoms with Gasteiger partial charge in [0.15, 0.2) is 0 Å². The minimum absolute atomic E-state index is 0.181. The Morgan fingerprint density at radius 2 is 1.73 bits per heavy atom. The third-order valence-corrected chi connectivity index (χ3v) is 10.1. The van der Waals surface area contributed by atoms with Gasteiger partial charge in [0, 0.05) is 16.9 Å². The summed E-state index contributed by atoms with van der Waals surface area (Å²) < 4.78 is 25.2. The van der Waals surface area contributed by atoms with Gasteiger partial charge in [-0.2, -0.15) is 0 Å². The first-order valence-electron chi connectivity index (χ1n) is 16.3. The lowest BCUT2D eigenvalue weighted by molar-refractivity contribution is -0.145. The quantitative estimate of drug-likeness (QED) is 0.319. The third kappa shape index (κ3) is 6.97. The van der Waals surface area contributed by atoms with Crippen LogP contribution in [0.25, 0.3) is 11.0 Å². The monoisotopic (exact) mass is 627 g/mol. The number of primary amides is 1. The molecule has 0 radical (unpaired) electrons. The van der Waals surface area contributed by atoms with Gasteiger partial charge in [-0.1, -0.05) is 50.3 Å². The summed E-state index contributed by atoms with van der Waals surface area (Å²) in [7, 11) is 0. The molecule has 3 amide bonds. The van der Waals surface area contributed by atoms with E-state index in [9.17, 15) is 28.7 Å². The predicted octanol–water partition coefficient (Wildman–Crippen LogP) is 6.12. The van der Waals surface area contributed by atoms with Crippen molar-refractivity contribution in [1.29, 1.82) is 0 Å². The van der Waals surface area contributed by atoms with Crippen LogP contribution in [0.4, 0.5) is 9.18 Å². The number of hydrogen-bond acceptors (Lipinski definition) is 6. The molecule has 2 saturated carbocycles. The molecule has 2 aliphatic carbocycles. The van der Waals surface area contributed by atoms with Crippen LogP contribution >= 0.6 is 0 Å². The summed E-state index contributed by atoms with van der Waals surface area (Å²) >= 11 is 0. The molecule has 4 N–H and O–H groups in total. The molecule has 3 fully saturated rings. The molecule has 10 nitrogen and oxygen atoms in total. The van der Waals surface area contributed by atoms with Gasteiger partial charge in [0.2, 0.25) is 17.6 Å². The zero-order valence-electron chi connectivity index (χ0n) is 26.4. The van der Waals surface area contributed by atoms with Crippen molar-refractivity contribution in [2.45, 2.75) is 109 Å². The van der Waals surface area contributed by atoms with E-state index in [0.717, 1.165) is 32.1 Å². The number of likely N-dealkylation sites (tertiary alicyclic amines) is 1. The number of amides is 3. The first-order valence-corrected chi connectivity index (χ1v) is 16.3. The average molecular weight is 628 g/mol. The SMILES string of the molecule is CC(C)(C)OC(=O)N[C@@H](CF)C1CCC(C(=O)N2C(c3c(C(=O)O)oc4ccccc34)C[C@@H](C3CCCCC3)[C@H]2C(N)=O)CC1. The molecule has 1 aromatic carbocycles. The lowest BCUT2D eigenvalue weighted by atomic mass is 9.75. The Hall–Kier alpha value is -3.63. The molecule has 1 saturated heterocycles. The van der Waals surface area contributed by atoms with Crippen LogP contribution in [0.15, 0.2) is 28.7 Å². The number of benzene rings is 1. The number of nitrogens with two attached hydrogens (primary N) is 1. The van der Waals surface area contributed by atoms with E-state index < -0.39 is 54.3 Å². The molecule has 4 atom stereocenters. The van der Waals surface area contributed by atoms with Crippen molar-refractivity contribution in [3.63, 3.8) is 0 Å². The van der Waals surface area contributed by atoms with E-state index in [1.54, 1.807) is 49.9 Å². The van der Waals surface area contributed by atoms with Crippen molar-refractivity contribution in [3.05, 3.63) is 35.6 Å². The van der Waals surface area contributed by atoms with Gasteiger partial charge in [0.1, 0.15) is 23.9 Å². The van der Waals surface area contributed by atoms with Gasteiger partial charge in [-0.15, -0.1) is 0 Å². The Balaban J connectivity index is 1.43. The molecule has 0 bridgehead atoms. The summed E-state index contributed by atoms with van der Waals surface area (Å²) in [5.74, 6) is -2.92. The summed E-state index contributed by atoms with van der Waals surface area (Å²) in [4.78, 5) is 54.1. The van der Waals surface area contributed by atoms with Gasteiger partial charge >= 0.3 is 12.1 Å². The molecule has 3 aliphatic rings. The topological polar surface area (TPSA) is 152 Å². The van der Waals surface area contributed by atoms with Crippen molar-refractivity contribution in [2.75, 3.05) is 6.67 Å². The van der Waals surface area contributed by atoms with Crippen molar-refractivity contribution < 1.29 is 37.8 Å². The van der Waals surface area contributed by atoms with Crippen LogP contribution in [-0.4, -0.2) is 58.2 Å². The second-order valence-corrected chi connectivity index (χ2v) is 14.1. The number of carbonyl (C=O) groups is 4. The van der Waals surface area contributed by atoms with Crippen LogP contribution in [0.3, 0.4) is 0 Å². The number of ether oxygens (including phenoxy) is 1. The summed E-state index contributed by atoms with van der Waals surface area (Å²) in [6, 6.07) is 4.75. The number of carboxylic acid groups (broad SMARTS) is 1. The number of halogens is 1. The highest BCUT2D eigenvalue weighted by Gasteiger charge is 2.53. The standard InChI is InChI=1S/C34H46FN3O7/c1-34(2,3)45-33(43)37-24(18-35)20-13-15-21(16-14-20)31(40)38-25(17-23(28(38)30(36)39)19-9-5-4-6-10-19)27-22-11-7-8-12-26(22)44-29(27)32(41)42/h7-8,11-12,19-21,23-25,28H,4-6,9-10,13-18H2,1-3H3,(H2,36,39)(H,37,43)(H,41,42)/t20?,21?,23-,24-,25?,28-/m0/s1. The van der Waals surface area contributed by atoms with Crippen molar-refractivity contribution >= 4 is 34.8 Å². The van der Waals surface area contributed by atoms with E-state index in [0.29, 0.717) is 48.6 Å². The number of nitrogens with zero attached hydrogens (tertiary/aromatic N) is 1. The molecular formula is C34H46FN3O7. The Morgan fingerprint density at radius 1 is 1.07 bits per heavy atom. The zero-order chi connectivity index (χ0) is 32.5. The summed E-state index contributed by atoms with van der Waals surface area (Å²) in [6.45, 7) is 4.46. The Labute approximate surface area is 263 Å². The van der Waals surface area contributed by atoms with Gasteiger partial charge in [0.05, 0.1) is 12.1 Å². The van der Waals surface area contributed by atoms with Crippen molar-refractivity contribution in [1.82, 2.24) is 10.2 Å². The van der Waals surface area contributed by atoms with Crippen LogP contribution in [0.2, 0.25) is 0 Å². The van der Waals surface area contributed by atoms with E-state index in [-0.39, 0.29) is 29.4 Å². The van der Waals surface area contributed by atoms with Gasteiger partial charge in [-0.3, -0.25) is 9.59 Å². The number of rotatable bonds is 8. The molecule has 11 heteroatoms. The van der Waals surface area contributed by atoms with E-state index >= 15 is 0 Å². The number of hydrogen-bond donors (Lipinski definition) is 3. The largest absolute Gasteiger partial charge is 0.475 e. The number of alkyl halides is 1. The van der Waals surface area contributed by atoms with Crippen LogP contribution < -0.4 is 11.1 Å². The highest BCUT2D eigenvalue weighted by Crippen LogP contribution is 2.50. The molecule has 5 rings (SSSR count).